The van der Waals surface area contributed by atoms with Gasteiger partial charge in [0.1, 0.15) is 0 Å². The van der Waals surface area contributed by atoms with Crippen LogP contribution in [0, 0.1) is 6.92 Å². The first kappa shape index (κ1) is 22.1. The van der Waals surface area contributed by atoms with Crippen molar-refractivity contribution in [3.8, 4) is 28.2 Å². The topological polar surface area (TPSA) is 46.4 Å². The number of hydrogen-bond acceptors (Lipinski definition) is 2. The monoisotopic (exact) mass is 455 g/mol. The van der Waals surface area contributed by atoms with E-state index in [4.69, 9.17) is 0 Å². The Morgan fingerprint density at radius 2 is 1.23 bits per heavy atom. The summed E-state index contributed by atoms with van der Waals surface area (Å²) in [6.45, 7) is 2.03. The molecular formula is C31H25N3O. The van der Waals surface area contributed by atoms with E-state index in [9.17, 15) is 4.79 Å². The minimum absolute atomic E-state index is 0.251. The second-order valence-corrected chi connectivity index (χ2v) is 8.33. The number of aryl methyl sites for hydroxylation is 1. The molecular weight excluding hydrogens is 430 g/mol. The summed E-state index contributed by atoms with van der Waals surface area (Å²) >= 11 is 0. The molecule has 0 saturated carbocycles. The van der Waals surface area contributed by atoms with E-state index >= 15 is 0 Å². The molecule has 0 atom stereocenters. The van der Waals surface area contributed by atoms with Crippen molar-refractivity contribution in [2.24, 2.45) is 5.10 Å². The van der Waals surface area contributed by atoms with Crippen LogP contribution in [0.1, 0.15) is 21.5 Å². The van der Waals surface area contributed by atoms with E-state index in [0.717, 1.165) is 33.8 Å². The Hall–Kier alpha value is -4.70. The molecule has 1 aromatic heterocycles. The maximum atomic E-state index is 12.6. The van der Waals surface area contributed by atoms with E-state index in [1.54, 1.807) is 6.21 Å². The highest BCUT2D eigenvalue weighted by atomic mass is 16.2. The van der Waals surface area contributed by atoms with Crippen molar-refractivity contribution < 1.29 is 4.79 Å². The predicted octanol–water partition coefficient (Wildman–Crippen LogP) is 6.88. The van der Waals surface area contributed by atoms with Crippen molar-refractivity contribution in [3.63, 3.8) is 0 Å². The molecule has 170 valence electrons. The second-order valence-electron chi connectivity index (χ2n) is 8.33. The summed E-state index contributed by atoms with van der Waals surface area (Å²) in [6.07, 6.45) is 1.64. The number of hydrogen-bond donors (Lipinski definition) is 1. The van der Waals surface area contributed by atoms with Gasteiger partial charge in [-0.15, -0.1) is 0 Å². The molecule has 0 aliphatic rings. The zero-order valence-corrected chi connectivity index (χ0v) is 19.4. The van der Waals surface area contributed by atoms with E-state index in [1.807, 2.05) is 91.9 Å². The number of rotatable bonds is 6. The Bertz CT molecular complexity index is 1390. The van der Waals surface area contributed by atoms with Crippen LogP contribution in [0.5, 0.6) is 0 Å². The van der Waals surface area contributed by atoms with Crippen LogP contribution in [0.15, 0.2) is 126 Å². The molecule has 5 rings (SSSR count). The average molecular weight is 456 g/mol. The lowest BCUT2D eigenvalue weighted by Gasteiger charge is -2.15. The smallest absolute Gasteiger partial charge is 0.271 e. The van der Waals surface area contributed by atoms with Gasteiger partial charge in [0.2, 0.25) is 0 Å². The lowest BCUT2D eigenvalue weighted by molar-refractivity contribution is 0.0955. The van der Waals surface area contributed by atoms with Crippen molar-refractivity contribution in [1.29, 1.82) is 0 Å². The average Bonchev–Trinajstić information content (AvgIpc) is 3.36. The maximum Gasteiger partial charge on any atom is 0.271 e. The van der Waals surface area contributed by atoms with Crippen LogP contribution < -0.4 is 5.43 Å². The van der Waals surface area contributed by atoms with Crippen molar-refractivity contribution in [2.75, 3.05) is 0 Å². The molecule has 0 spiro atoms. The van der Waals surface area contributed by atoms with Gasteiger partial charge in [-0.2, -0.15) is 5.10 Å². The molecule has 35 heavy (non-hydrogen) atoms. The molecule has 0 aliphatic heterocycles. The summed E-state index contributed by atoms with van der Waals surface area (Å²) < 4.78 is 2.22. The van der Waals surface area contributed by atoms with E-state index in [2.05, 4.69) is 51.5 Å². The van der Waals surface area contributed by atoms with Crippen molar-refractivity contribution in [3.05, 3.63) is 138 Å². The van der Waals surface area contributed by atoms with Gasteiger partial charge in [-0.1, -0.05) is 90.5 Å². The fourth-order valence-electron chi connectivity index (χ4n) is 4.03. The maximum absolute atomic E-state index is 12.6. The van der Waals surface area contributed by atoms with Crippen LogP contribution in [0.3, 0.4) is 0 Å². The summed E-state index contributed by atoms with van der Waals surface area (Å²) in [4.78, 5) is 12.6. The van der Waals surface area contributed by atoms with Crippen molar-refractivity contribution in [2.45, 2.75) is 6.92 Å². The molecule has 0 aliphatic carbocycles. The quantitative estimate of drug-likeness (QED) is 0.220. The standard InChI is InChI=1S/C31H25N3O/c1-23-12-14-24(15-13-23)22-32-33-31(35)27-16-18-28(19-17-27)34-29(25-8-4-2-5-9-25)20-21-30(34)26-10-6-3-7-11-26/h2-22H,1H3,(H,33,35)/b32-22-. The fraction of sp³-hybridized carbons (Fsp3) is 0.0323. The number of amides is 1. The first-order valence-corrected chi connectivity index (χ1v) is 11.5. The molecule has 0 saturated heterocycles. The van der Waals surface area contributed by atoms with E-state index in [-0.39, 0.29) is 5.91 Å². The van der Waals surface area contributed by atoms with Gasteiger partial charge in [0.25, 0.3) is 5.91 Å². The molecule has 0 radical (unpaired) electrons. The first-order valence-electron chi connectivity index (χ1n) is 11.5. The Balaban J connectivity index is 1.43. The van der Waals surface area contributed by atoms with E-state index in [1.165, 1.54) is 5.56 Å². The van der Waals surface area contributed by atoms with E-state index < -0.39 is 0 Å². The van der Waals surface area contributed by atoms with Gasteiger partial charge >= 0.3 is 0 Å². The number of nitrogens with zero attached hydrogens (tertiary/aromatic N) is 2. The number of carbonyl (C=O) groups is 1. The summed E-state index contributed by atoms with van der Waals surface area (Å²) in [5.74, 6) is -0.251. The van der Waals surface area contributed by atoms with Gasteiger partial charge in [-0.3, -0.25) is 4.79 Å². The Kier molecular flexibility index (Phi) is 6.35. The molecule has 4 nitrogen and oxygen atoms in total. The third kappa shape index (κ3) is 4.97. The number of hydrazone groups is 1. The van der Waals surface area contributed by atoms with Gasteiger partial charge in [-0.25, -0.2) is 5.43 Å². The van der Waals surface area contributed by atoms with Gasteiger partial charge in [-0.05, 0) is 60.0 Å². The van der Waals surface area contributed by atoms with Crippen LogP contribution in [-0.2, 0) is 0 Å². The zero-order chi connectivity index (χ0) is 24.0. The predicted molar refractivity (Wildman–Crippen MR) is 143 cm³/mol. The molecule has 1 heterocycles. The van der Waals surface area contributed by atoms with E-state index in [0.29, 0.717) is 5.56 Å². The van der Waals surface area contributed by atoms with Crippen molar-refractivity contribution >= 4 is 12.1 Å². The minimum atomic E-state index is -0.251. The third-order valence-electron chi connectivity index (χ3n) is 5.86. The first-order chi connectivity index (χ1) is 17.2. The molecule has 1 amide bonds. The Labute approximate surface area is 205 Å². The Morgan fingerprint density at radius 3 is 1.77 bits per heavy atom. The number of benzene rings is 4. The molecule has 1 N–H and O–H groups in total. The highest BCUT2D eigenvalue weighted by molar-refractivity contribution is 5.95. The van der Waals surface area contributed by atoms with Crippen LogP contribution >= 0.6 is 0 Å². The lowest BCUT2D eigenvalue weighted by Crippen LogP contribution is -2.17. The summed E-state index contributed by atoms with van der Waals surface area (Å²) in [6, 6.07) is 40.4. The molecule has 5 aromatic rings. The summed E-state index contributed by atoms with van der Waals surface area (Å²) in [7, 11) is 0. The van der Waals surface area contributed by atoms with Crippen LogP contribution in [0.2, 0.25) is 0 Å². The molecule has 0 unspecified atom stereocenters. The number of aromatic nitrogens is 1. The second kappa shape index (κ2) is 10.1. The highest BCUT2D eigenvalue weighted by Gasteiger charge is 2.14. The Morgan fingerprint density at radius 1 is 0.686 bits per heavy atom. The zero-order valence-electron chi connectivity index (χ0n) is 19.4. The van der Waals surface area contributed by atoms with Crippen LogP contribution in [-0.4, -0.2) is 16.7 Å². The van der Waals surface area contributed by atoms with Gasteiger partial charge in [0.15, 0.2) is 0 Å². The molecule has 0 fully saturated rings. The summed E-state index contributed by atoms with van der Waals surface area (Å²) in [5.41, 5.74) is 10.7. The highest BCUT2D eigenvalue weighted by Crippen LogP contribution is 2.32. The third-order valence-corrected chi connectivity index (χ3v) is 5.86. The lowest BCUT2D eigenvalue weighted by atomic mass is 10.1. The minimum Gasteiger partial charge on any atom is -0.309 e. The summed E-state index contributed by atoms with van der Waals surface area (Å²) in [5, 5.41) is 4.10. The van der Waals surface area contributed by atoms with Gasteiger partial charge in [0, 0.05) is 11.3 Å². The number of nitrogens with one attached hydrogen (secondary N) is 1. The van der Waals surface area contributed by atoms with Crippen LogP contribution in [0.4, 0.5) is 0 Å². The SMILES string of the molecule is Cc1ccc(/C=N\NC(=O)c2ccc(-n3c(-c4ccccc4)ccc3-c3ccccc3)cc2)cc1. The largest absolute Gasteiger partial charge is 0.309 e. The van der Waals surface area contributed by atoms with Gasteiger partial charge < -0.3 is 4.57 Å². The molecule has 0 bridgehead atoms. The number of carbonyl (C=O) groups excluding carboxylic acids is 1. The normalized spacial score (nSPS) is 11.0. The van der Waals surface area contributed by atoms with Crippen molar-refractivity contribution in [1.82, 2.24) is 9.99 Å². The molecule has 4 aromatic carbocycles. The fourth-order valence-corrected chi connectivity index (χ4v) is 4.03. The van der Waals surface area contributed by atoms with Gasteiger partial charge in [0.05, 0.1) is 17.6 Å². The molecule has 4 heteroatoms. The van der Waals surface area contributed by atoms with Crippen LogP contribution in [0.25, 0.3) is 28.2 Å².